The number of likely N-dealkylation sites (N-methyl/N-ethyl adjacent to an activating group) is 1. The van der Waals surface area contributed by atoms with Crippen LogP contribution in [-0.4, -0.2) is 13.6 Å². The van der Waals surface area contributed by atoms with E-state index in [2.05, 4.69) is 11.4 Å². The molecule has 1 nitrogen and oxygen atoms in total. The van der Waals surface area contributed by atoms with Crippen molar-refractivity contribution in [3.63, 3.8) is 0 Å². The van der Waals surface area contributed by atoms with Crippen LogP contribution >= 0.6 is 0 Å². The summed E-state index contributed by atoms with van der Waals surface area (Å²) in [5.41, 5.74) is 2.28. The zero-order valence-corrected chi connectivity index (χ0v) is 12.7. The predicted octanol–water partition coefficient (Wildman–Crippen LogP) is 4.94. The number of hydrogen-bond acceptors (Lipinski definition) is 1. The Morgan fingerprint density at radius 3 is 2.39 bits per heavy atom. The fourth-order valence-electron chi connectivity index (χ4n) is 1.27. The summed E-state index contributed by atoms with van der Waals surface area (Å²) in [6.45, 7) is 10.9. The Labute approximate surface area is 112 Å². The Hall–Kier alpha value is -1.15. The largest absolute Gasteiger partial charge is 0.316 e. The van der Waals surface area contributed by atoms with E-state index < -0.39 is 0 Å². The van der Waals surface area contributed by atoms with Crippen molar-refractivity contribution in [3.05, 3.63) is 47.4 Å². The van der Waals surface area contributed by atoms with E-state index in [1.54, 1.807) is 6.08 Å². The van der Waals surface area contributed by atoms with Gasteiger partial charge >= 0.3 is 0 Å². The van der Waals surface area contributed by atoms with Crippen molar-refractivity contribution in [2.45, 2.75) is 41.0 Å². The van der Waals surface area contributed by atoms with Gasteiger partial charge < -0.3 is 5.32 Å². The van der Waals surface area contributed by atoms with Crippen molar-refractivity contribution >= 4 is 0 Å². The third-order valence-electron chi connectivity index (χ3n) is 2.14. The number of allylic oxidation sites excluding steroid dienone is 7. The highest BCUT2D eigenvalue weighted by Crippen LogP contribution is 2.17. The zero-order valence-electron chi connectivity index (χ0n) is 12.7. The number of nitrogens with one attached hydrogen (secondary N) is 1. The molecule has 1 aliphatic rings. The van der Waals surface area contributed by atoms with Gasteiger partial charge in [0.25, 0.3) is 0 Å². The average Bonchev–Trinajstić information content (AvgIpc) is 2.65. The molecule has 1 N–H and O–H groups in total. The molecule has 0 saturated carbocycles. The van der Waals surface area contributed by atoms with Crippen LogP contribution in [0.2, 0.25) is 0 Å². The number of rotatable bonds is 3. The second-order valence-electron chi connectivity index (χ2n) is 3.26. The first-order valence-electron chi connectivity index (χ1n) is 6.79. The average molecular weight is 253 g/mol. The SMILES string of the molecule is CC.CC.CNC/C=C(\C)C1=CCC=C(F)C=C1. The van der Waals surface area contributed by atoms with Gasteiger partial charge in [0.05, 0.1) is 0 Å². The molecule has 0 aromatic carbocycles. The highest BCUT2D eigenvalue weighted by atomic mass is 19.1. The molecule has 2 heteroatoms. The molecule has 1 rings (SSSR count). The van der Waals surface area contributed by atoms with Crippen molar-refractivity contribution in [1.82, 2.24) is 5.32 Å². The standard InChI is InChI=1S/C12H16FN.2C2H6/c1-10(8-9-14-2)11-4-3-5-12(13)7-6-11;2*1-2/h4-8,14H,3,9H2,1-2H3;2*1-2H3/b10-8+;;. The van der Waals surface area contributed by atoms with Crippen LogP contribution in [-0.2, 0) is 0 Å². The molecule has 0 radical (unpaired) electrons. The summed E-state index contributed by atoms with van der Waals surface area (Å²) < 4.78 is 12.8. The Bertz CT molecular complexity index is 309. The van der Waals surface area contributed by atoms with Crippen molar-refractivity contribution in [2.75, 3.05) is 13.6 Å². The first-order valence-corrected chi connectivity index (χ1v) is 6.79. The minimum Gasteiger partial charge on any atom is -0.316 e. The molecule has 0 unspecified atom stereocenters. The smallest absolute Gasteiger partial charge is 0.119 e. The summed E-state index contributed by atoms with van der Waals surface area (Å²) in [5, 5.41) is 3.05. The summed E-state index contributed by atoms with van der Waals surface area (Å²) in [6.07, 6.45) is 9.70. The van der Waals surface area contributed by atoms with Crippen LogP contribution in [0.25, 0.3) is 0 Å². The molecule has 18 heavy (non-hydrogen) atoms. The minimum absolute atomic E-state index is 0.155. The summed E-state index contributed by atoms with van der Waals surface area (Å²) in [6, 6.07) is 0. The van der Waals surface area contributed by atoms with Gasteiger partial charge in [-0.25, -0.2) is 4.39 Å². The van der Waals surface area contributed by atoms with Gasteiger partial charge in [0.1, 0.15) is 5.83 Å². The molecule has 0 bridgehead atoms. The molecule has 0 saturated heterocycles. The van der Waals surface area contributed by atoms with Crippen LogP contribution < -0.4 is 5.32 Å². The maximum atomic E-state index is 12.8. The highest BCUT2D eigenvalue weighted by molar-refractivity contribution is 5.42. The Kier molecular flexibility index (Phi) is 14.8. The van der Waals surface area contributed by atoms with E-state index in [0.29, 0.717) is 6.42 Å². The topological polar surface area (TPSA) is 12.0 Å². The Morgan fingerprint density at radius 2 is 1.83 bits per heavy atom. The third-order valence-corrected chi connectivity index (χ3v) is 2.14. The van der Waals surface area contributed by atoms with Crippen LogP contribution in [0, 0.1) is 0 Å². The van der Waals surface area contributed by atoms with Crippen molar-refractivity contribution in [2.24, 2.45) is 0 Å². The van der Waals surface area contributed by atoms with Crippen molar-refractivity contribution < 1.29 is 4.39 Å². The molecule has 1 aliphatic carbocycles. The van der Waals surface area contributed by atoms with E-state index in [4.69, 9.17) is 0 Å². The van der Waals surface area contributed by atoms with Gasteiger partial charge in [-0.2, -0.15) is 0 Å². The van der Waals surface area contributed by atoms with Crippen molar-refractivity contribution in [3.8, 4) is 0 Å². The van der Waals surface area contributed by atoms with Crippen LogP contribution in [0.4, 0.5) is 4.39 Å². The fraction of sp³-hybridized carbons (Fsp3) is 0.500. The van der Waals surface area contributed by atoms with Gasteiger partial charge in [0.2, 0.25) is 0 Å². The third kappa shape index (κ3) is 8.94. The van der Waals surface area contributed by atoms with E-state index in [-0.39, 0.29) is 5.83 Å². The molecule has 0 aliphatic heterocycles. The second kappa shape index (κ2) is 13.9. The molecule has 0 spiro atoms. The van der Waals surface area contributed by atoms with E-state index in [1.165, 1.54) is 11.6 Å². The molecule has 0 aromatic heterocycles. The fourth-order valence-corrected chi connectivity index (χ4v) is 1.27. The molecule has 104 valence electrons. The quantitative estimate of drug-likeness (QED) is 0.751. The number of hydrogen-bond donors (Lipinski definition) is 1. The molecular weight excluding hydrogens is 225 g/mol. The van der Waals surface area contributed by atoms with Gasteiger partial charge in [-0.1, -0.05) is 45.9 Å². The number of halogens is 1. The molecule has 0 atom stereocenters. The normalized spacial score (nSPS) is 14.3. The van der Waals surface area contributed by atoms with E-state index in [1.807, 2.05) is 53.8 Å². The van der Waals surface area contributed by atoms with Gasteiger partial charge in [-0.3, -0.25) is 0 Å². The monoisotopic (exact) mass is 253 g/mol. The maximum absolute atomic E-state index is 12.8. The van der Waals surface area contributed by atoms with Gasteiger partial charge in [0, 0.05) is 6.54 Å². The lowest BCUT2D eigenvalue weighted by atomic mass is 10.1. The van der Waals surface area contributed by atoms with E-state index in [9.17, 15) is 4.39 Å². The lowest BCUT2D eigenvalue weighted by Crippen LogP contribution is -2.05. The summed E-state index contributed by atoms with van der Waals surface area (Å²) >= 11 is 0. The molecule has 0 aromatic rings. The Morgan fingerprint density at radius 1 is 1.22 bits per heavy atom. The minimum atomic E-state index is -0.155. The molecule has 0 fully saturated rings. The van der Waals surface area contributed by atoms with Gasteiger partial charge in [-0.05, 0) is 43.7 Å². The first kappa shape index (κ1) is 19.2. The lowest BCUT2D eigenvalue weighted by molar-refractivity contribution is 0.663. The van der Waals surface area contributed by atoms with E-state index in [0.717, 1.165) is 12.1 Å². The van der Waals surface area contributed by atoms with Crippen LogP contribution in [0.5, 0.6) is 0 Å². The second-order valence-corrected chi connectivity index (χ2v) is 3.26. The van der Waals surface area contributed by atoms with Crippen LogP contribution in [0.3, 0.4) is 0 Å². The summed E-state index contributed by atoms with van der Waals surface area (Å²) in [7, 11) is 1.91. The van der Waals surface area contributed by atoms with Crippen molar-refractivity contribution in [1.29, 1.82) is 0 Å². The lowest BCUT2D eigenvalue weighted by Gasteiger charge is -2.01. The molecular formula is C16H28FN. The van der Waals surface area contributed by atoms with Crippen LogP contribution in [0.15, 0.2) is 47.4 Å². The van der Waals surface area contributed by atoms with E-state index >= 15 is 0 Å². The van der Waals surface area contributed by atoms with Gasteiger partial charge in [0.15, 0.2) is 0 Å². The van der Waals surface area contributed by atoms with Gasteiger partial charge in [-0.15, -0.1) is 0 Å². The molecule has 0 amide bonds. The van der Waals surface area contributed by atoms with Crippen LogP contribution in [0.1, 0.15) is 41.0 Å². The highest BCUT2D eigenvalue weighted by Gasteiger charge is 1.99. The molecule has 0 heterocycles. The summed E-state index contributed by atoms with van der Waals surface area (Å²) in [4.78, 5) is 0. The first-order chi connectivity index (χ1) is 8.74. The predicted molar refractivity (Wildman–Crippen MR) is 81.4 cm³/mol. The summed E-state index contributed by atoms with van der Waals surface area (Å²) in [5.74, 6) is -0.155. The maximum Gasteiger partial charge on any atom is 0.119 e. The Balaban J connectivity index is 0. The zero-order chi connectivity index (χ0) is 14.4.